The van der Waals surface area contributed by atoms with E-state index in [-0.39, 0.29) is 5.82 Å². The van der Waals surface area contributed by atoms with Crippen molar-refractivity contribution >= 4 is 0 Å². The van der Waals surface area contributed by atoms with Gasteiger partial charge in [-0.15, -0.1) is 0 Å². The summed E-state index contributed by atoms with van der Waals surface area (Å²) in [4.78, 5) is 12.4. The van der Waals surface area contributed by atoms with Crippen molar-refractivity contribution in [2.75, 3.05) is 0 Å². The Labute approximate surface area is 156 Å². The van der Waals surface area contributed by atoms with Gasteiger partial charge in [0.15, 0.2) is 0 Å². The second-order valence-electron chi connectivity index (χ2n) is 6.12. The number of nitrogens with one attached hydrogen (secondary N) is 1. The van der Waals surface area contributed by atoms with E-state index in [2.05, 4.69) is 16.0 Å². The van der Waals surface area contributed by atoms with Crippen molar-refractivity contribution in [2.24, 2.45) is 0 Å². The summed E-state index contributed by atoms with van der Waals surface area (Å²) in [5.74, 6) is 0.440. The Morgan fingerprint density at radius 1 is 1.00 bits per heavy atom. The number of benzene rings is 2. The minimum absolute atomic E-state index is 0.309. The molecule has 130 valence electrons. The topological polar surface area (TPSA) is 65.4 Å². The fourth-order valence-electron chi connectivity index (χ4n) is 2.94. The van der Waals surface area contributed by atoms with Gasteiger partial charge in [-0.2, -0.15) is 5.26 Å². The molecule has 0 radical (unpaired) electrons. The van der Waals surface area contributed by atoms with Crippen LogP contribution in [0.4, 0.5) is 4.39 Å². The molecule has 0 spiro atoms. The molecule has 4 nitrogen and oxygen atoms in total. The van der Waals surface area contributed by atoms with Gasteiger partial charge in [0.05, 0.1) is 28.7 Å². The lowest BCUT2D eigenvalue weighted by Gasteiger charge is -2.02. The van der Waals surface area contributed by atoms with Crippen LogP contribution in [0.15, 0.2) is 72.9 Å². The Morgan fingerprint density at radius 2 is 1.85 bits per heavy atom. The fraction of sp³-hybridized carbons (Fsp3) is 0.0455. The maximum absolute atomic E-state index is 13.7. The van der Waals surface area contributed by atoms with Crippen molar-refractivity contribution in [3.8, 4) is 28.7 Å². The summed E-state index contributed by atoms with van der Waals surface area (Å²) >= 11 is 0. The number of hydrogen-bond donors (Lipinski definition) is 1. The first-order valence-electron chi connectivity index (χ1n) is 8.48. The number of halogens is 1. The molecule has 0 aliphatic heterocycles. The van der Waals surface area contributed by atoms with Crippen LogP contribution in [-0.4, -0.2) is 15.0 Å². The first-order valence-corrected chi connectivity index (χ1v) is 8.48. The highest BCUT2D eigenvalue weighted by Crippen LogP contribution is 2.30. The van der Waals surface area contributed by atoms with Crippen molar-refractivity contribution in [1.29, 1.82) is 5.26 Å². The van der Waals surface area contributed by atoms with Crippen LogP contribution in [-0.2, 0) is 6.42 Å². The molecule has 0 atom stereocenters. The van der Waals surface area contributed by atoms with E-state index in [4.69, 9.17) is 10.2 Å². The van der Waals surface area contributed by atoms with Crippen molar-refractivity contribution in [3.63, 3.8) is 0 Å². The largest absolute Gasteiger partial charge is 0.340 e. The van der Waals surface area contributed by atoms with Crippen molar-refractivity contribution in [3.05, 3.63) is 95.7 Å². The minimum atomic E-state index is -0.309. The van der Waals surface area contributed by atoms with E-state index in [1.54, 1.807) is 24.4 Å². The number of hydrogen-bond acceptors (Lipinski definition) is 3. The molecule has 1 N–H and O–H groups in total. The summed E-state index contributed by atoms with van der Waals surface area (Å²) in [6, 6.07) is 21.5. The van der Waals surface area contributed by atoms with Crippen molar-refractivity contribution in [1.82, 2.24) is 15.0 Å². The molecule has 0 unspecified atom stereocenters. The molecule has 0 saturated heterocycles. The standard InChI is InChI=1S/C22H15FN4/c23-18-5-3-4-17(13-18)21-22(19-6-1-2-11-25-19)27-20(26-21)12-15-7-9-16(14-24)10-8-15/h1-11,13H,12H2,(H,26,27). The number of aromatic nitrogens is 3. The summed E-state index contributed by atoms with van der Waals surface area (Å²) < 4.78 is 13.7. The zero-order valence-corrected chi connectivity index (χ0v) is 14.4. The molecule has 4 aromatic rings. The molecule has 0 bridgehead atoms. The highest BCUT2D eigenvalue weighted by Gasteiger charge is 2.15. The van der Waals surface area contributed by atoms with E-state index >= 15 is 0 Å². The Morgan fingerprint density at radius 3 is 2.56 bits per heavy atom. The molecule has 0 aliphatic rings. The number of nitriles is 1. The van der Waals surface area contributed by atoms with Crippen LogP contribution in [0.2, 0.25) is 0 Å². The molecule has 0 amide bonds. The monoisotopic (exact) mass is 354 g/mol. The quantitative estimate of drug-likeness (QED) is 0.576. The Kier molecular flexibility index (Phi) is 4.46. The first-order chi connectivity index (χ1) is 13.2. The van der Waals surface area contributed by atoms with Gasteiger partial charge in [0.25, 0.3) is 0 Å². The molecule has 5 heteroatoms. The van der Waals surface area contributed by atoms with Crippen LogP contribution in [0.3, 0.4) is 0 Å². The highest BCUT2D eigenvalue weighted by atomic mass is 19.1. The number of imidazole rings is 1. The SMILES string of the molecule is N#Cc1ccc(Cc2nc(-c3cccc(F)c3)c(-c3ccccn3)[nH]2)cc1. The van der Waals surface area contributed by atoms with Gasteiger partial charge < -0.3 is 4.98 Å². The third-order valence-electron chi connectivity index (χ3n) is 4.23. The van der Waals surface area contributed by atoms with E-state index in [0.717, 1.165) is 22.8 Å². The second kappa shape index (κ2) is 7.22. The van der Waals surface area contributed by atoms with Crippen molar-refractivity contribution in [2.45, 2.75) is 6.42 Å². The van der Waals surface area contributed by atoms with Crippen LogP contribution in [0.5, 0.6) is 0 Å². The number of aromatic amines is 1. The van der Waals surface area contributed by atoms with Crippen molar-refractivity contribution < 1.29 is 4.39 Å². The summed E-state index contributed by atoms with van der Waals surface area (Å²) in [7, 11) is 0. The average molecular weight is 354 g/mol. The molecular formula is C22H15FN4. The molecular weight excluding hydrogens is 339 g/mol. The zero-order chi connectivity index (χ0) is 18.6. The predicted octanol–water partition coefficient (Wildman–Crippen LogP) is 4.74. The third-order valence-corrected chi connectivity index (χ3v) is 4.23. The van der Waals surface area contributed by atoms with Gasteiger partial charge in [0.2, 0.25) is 0 Å². The fourth-order valence-corrected chi connectivity index (χ4v) is 2.94. The van der Waals surface area contributed by atoms with Gasteiger partial charge in [-0.3, -0.25) is 4.98 Å². The Bertz CT molecular complexity index is 1110. The van der Waals surface area contributed by atoms with Gasteiger partial charge in [-0.25, -0.2) is 9.37 Å². The summed E-state index contributed by atoms with van der Waals surface area (Å²) in [6.07, 6.45) is 2.28. The summed E-state index contributed by atoms with van der Waals surface area (Å²) in [6.45, 7) is 0. The minimum Gasteiger partial charge on any atom is -0.340 e. The molecule has 27 heavy (non-hydrogen) atoms. The number of pyridine rings is 1. The van der Waals surface area contributed by atoms with Crippen LogP contribution in [0.1, 0.15) is 17.0 Å². The molecule has 2 aromatic carbocycles. The maximum atomic E-state index is 13.7. The number of nitrogens with zero attached hydrogens (tertiary/aromatic N) is 3. The molecule has 0 saturated carbocycles. The normalized spacial score (nSPS) is 10.5. The highest BCUT2D eigenvalue weighted by molar-refractivity contribution is 5.76. The van der Waals surface area contributed by atoms with E-state index in [0.29, 0.717) is 23.2 Å². The third kappa shape index (κ3) is 3.60. The van der Waals surface area contributed by atoms with Gasteiger partial charge >= 0.3 is 0 Å². The maximum Gasteiger partial charge on any atom is 0.123 e. The van der Waals surface area contributed by atoms with E-state index in [9.17, 15) is 4.39 Å². The number of H-pyrrole nitrogens is 1. The van der Waals surface area contributed by atoms with Gasteiger partial charge in [0.1, 0.15) is 11.6 Å². The predicted molar refractivity (Wildman–Crippen MR) is 101 cm³/mol. The van der Waals surface area contributed by atoms with E-state index in [1.807, 2.05) is 36.4 Å². The Balaban J connectivity index is 1.76. The van der Waals surface area contributed by atoms with Crippen LogP contribution in [0.25, 0.3) is 22.6 Å². The first kappa shape index (κ1) is 16.7. The van der Waals surface area contributed by atoms with Gasteiger partial charge in [-0.05, 0) is 42.0 Å². The summed E-state index contributed by atoms with van der Waals surface area (Å²) in [5, 5.41) is 8.93. The zero-order valence-electron chi connectivity index (χ0n) is 14.4. The molecule has 2 heterocycles. The van der Waals surface area contributed by atoms with E-state index < -0.39 is 0 Å². The Hall–Kier alpha value is -3.78. The lowest BCUT2D eigenvalue weighted by Crippen LogP contribution is -1.91. The van der Waals surface area contributed by atoms with Crippen LogP contribution < -0.4 is 0 Å². The summed E-state index contributed by atoms with van der Waals surface area (Å²) in [5.41, 5.74) is 4.50. The lowest BCUT2D eigenvalue weighted by molar-refractivity contribution is 0.628. The van der Waals surface area contributed by atoms with E-state index in [1.165, 1.54) is 12.1 Å². The van der Waals surface area contributed by atoms with Crippen LogP contribution >= 0.6 is 0 Å². The smallest absolute Gasteiger partial charge is 0.123 e. The molecule has 0 aliphatic carbocycles. The lowest BCUT2D eigenvalue weighted by atomic mass is 10.1. The van der Waals surface area contributed by atoms with Gasteiger partial charge in [-0.1, -0.05) is 30.3 Å². The average Bonchev–Trinajstić information content (AvgIpc) is 3.13. The second-order valence-corrected chi connectivity index (χ2v) is 6.12. The van der Waals surface area contributed by atoms with Crippen LogP contribution in [0, 0.1) is 17.1 Å². The number of rotatable bonds is 4. The molecule has 0 fully saturated rings. The molecule has 4 rings (SSSR count). The molecule has 2 aromatic heterocycles. The van der Waals surface area contributed by atoms with Gasteiger partial charge in [0, 0.05) is 18.2 Å².